The first kappa shape index (κ1) is 9.85. The third-order valence-corrected chi connectivity index (χ3v) is 1.82. The minimum Gasteiger partial charge on any atom is -0.394 e. The molecule has 4 N–H and O–H groups in total. The standard InChI is InChI=1S/C6H11O6/c7-1-2(8)5-3(9)4(10)6(11)12-5/h2-10H,1H2/t2-,3-,4+,5-,6?/m1/s1. The van der Waals surface area contributed by atoms with Crippen molar-refractivity contribution in [1.82, 2.24) is 0 Å². The van der Waals surface area contributed by atoms with Gasteiger partial charge in [-0.2, -0.15) is 5.11 Å². The van der Waals surface area contributed by atoms with Crippen molar-refractivity contribution in [3.8, 4) is 0 Å². The summed E-state index contributed by atoms with van der Waals surface area (Å²) in [6.07, 6.45) is -7.28. The monoisotopic (exact) mass is 179 g/mol. The zero-order valence-electron chi connectivity index (χ0n) is 6.20. The van der Waals surface area contributed by atoms with E-state index in [0.717, 1.165) is 0 Å². The predicted octanol–water partition coefficient (Wildman–Crippen LogP) is -2.78. The summed E-state index contributed by atoms with van der Waals surface area (Å²) in [5, 5.41) is 46.1. The van der Waals surface area contributed by atoms with Crippen LogP contribution in [-0.2, 0) is 9.84 Å². The summed E-state index contributed by atoms with van der Waals surface area (Å²) in [6, 6.07) is 0. The minimum absolute atomic E-state index is 0.624. The third-order valence-electron chi connectivity index (χ3n) is 1.82. The van der Waals surface area contributed by atoms with Crippen molar-refractivity contribution in [3.05, 3.63) is 0 Å². The molecule has 5 atom stereocenters. The first-order chi connectivity index (χ1) is 5.57. The molecule has 0 amide bonds. The number of aliphatic hydroxyl groups excluding tert-OH is 4. The number of aliphatic hydroxyl groups is 4. The molecule has 1 rings (SSSR count). The average Bonchev–Trinajstić information content (AvgIpc) is 2.32. The van der Waals surface area contributed by atoms with Crippen LogP contribution < -0.4 is 0 Å². The molecule has 0 aromatic rings. The van der Waals surface area contributed by atoms with Gasteiger partial charge in [-0.15, -0.1) is 0 Å². The summed E-state index contributed by atoms with van der Waals surface area (Å²) in [7, 11) is 0. The van der Waals surface area contributed by atoms with Crippen LogP contribution in [0, 0.1) is 0 Å². The second kappa shape index (κ2) is 3.65. The van der Waals surface area contributed by atoms with E-state index in [1.54, 1.807) is 0 Å². The highest BCUT2D eigenvalue weighted by Gasteiger charge is 2.45. The molecular weight excluding hydrogens is 168 g/mol. The van der Waals surface area contributed by atoms with E-state index in [1.165, 1.54) is 0 Å². The van der Waals surface area contributed by atoms with Gasteiger partial charge >= 0.3 is 0 Å². The Labute approximate surface area is 68.6 Å². The third kappa shape index (κ3) is 1.58. The lowest BCUT2D eigenvalue weighted by Crippen LogP contribution is -2.40. The highest BCUT2D eigenvalue weighted by Crippen LogP contribution is 2.22. The zero-order chi connectivity index (χ0) is 9.30. The molecular formula is C6H11O6. The highest BCUT2D eigenvalue weighted by atomic mass is 16.6. The zero-order valence-corrected chi connectivity index (χ0v) is 6.20. The molecule has 1 unspecified atom stereocenters. The SMILES string of the molecule is [O]C1O[C@H]([C@H](O)CO)[C@H](O)[C@@H]1O. The van der Waals surface area contributed by atoms with Gasteiger partial charge in [0.05, 0.1) is 6.61 Å². The van der Waals surface area contributed by atoms with Crippen LogP contribution in [0.25, 0.3) is 0 Å². The lowest BCUT2D eigenvalue weighted by molar-refractivity contribution is -0.180. The van der Waals surface area contributed by atoms with E-state index in [9.17, 15) is 5.11 Å². The molecule has 1 saturated heterocycles. The Balaban J connectivity index is 2.58. The normalized spacial score (nSPS) is 44.8. The first-order valence-corrected chi connectivity index (χ1v) is 3.54. The fourth-order valence-electron chi connectivity index (χ4n) is 1.09. The molecule has 1 radical (unpaired) electrons. The van der Waals surface area contributed by atoms with Crippen LogP contribution in [0.15, 0.2) is 0 Å². The van der Waals surface area contributed by atoms with Crippen molar-refractivity contribution in [1.29, 1.82) is 0 Å². The Morgan fingerprint density at radius 2 is 1.92 bits per heavy atom. The molecule has 0 aromatic carbocycles. The van der Waals surface area contributed by atoms with Gasteiger partial charge in [0.25, 0.3) is 0 Å². The summed E-state index contributed by atoms with van der Waals surface area (Å²) in [5.74, 6) is 0. The predicted molar refractivity (Wildman–Crippen MR) is 34.5 cm³/mol. The molecule has 0 bridgehead atoms. The minimum atomic E-state index is -1.76. The van der Waals surface area contributed by atoms with Gasteiger partial charge in [-0.25, -0.2) is 0 Å². The maximum absolute atomic E-state index is 10.7. The summed E-state index contributed by atoms with van der Waals surface area (Å²) in [5.41, 5.74) is 0. The Kier molecular flexibility index (Phi) is 2.99. The van der Waals surface area contributed by atoms with Gasteiger partial charge in [0, 0.05) is 0 Å². The van der Waals surface area contributed by atoms with Crippen LogP contribution in [0.2, 0.25) is 0 Å². The van der Waals surface area contributed by atoms with E-state index in [1.807, 2.05) is 0 Å². The van der Waals surface area contributed by atoms with Gasteiger partial charge in [0.1, 0.15) is 24.4 Å². The van der Waals surface area contributed by atoms with E-state index >= 15 is 0 Å². The number of hydrogen-bond donors (Lipinski definition) is 4. The van der Waals surface area contributed by atoms with Crippen molar-refractivity contribution in [2.45, 2.75) is 30.7 Å². The molecule has 0 aliphatic carbocycles. The van der Waals surface area contributed by atoms with E-state index in [2.05, 4.69) is 4.74 Å². The van der Waals surface area contributed by atoms with Crippen molar-refractivity contribution in [2.24, 2.45) is 0 Å². The van der Waals surface area contributed by atoms with Gasteiger partial charge in [0.2, 0.25) is 6.29 Å². The van der Waals surface area contributed by atoms with Gasteiger partial charge in [-0.3, -0.25) is 0 Å². The molecule has 1 aliphatic rings. The molecule has 6 heteroatoms. The maximum atomic E-state index is 10.7. The first-order valence-electron chi connectivity index (χ1n) is 3.54. The van der Waals surface area contributed by atoms with Gasteiger partial charge < -0.3 is 25.2 Å². The van der Waals surface area contributed by atoms with E-state index in [4.69, 9.17) is 20.4 Å². The summed E-state index contributed by atoms with van der Waals surface area (Å²) in [6.45, 7) is -0.624. The Bertz CT molecular complexity index is 151. The molecule has 1 fully saturated rings. The quantitative estimate of drug-likeness (QED) is 0.366. The van der Waals surface area contributed by atoms with Crippen molar-refractivity contribution in [2.75, 3.05) is 6.61 Å². The van der Waals surface area contributed by atoms with Crippen molar-refractivity contribution >= 4 is 0 Å². The summed E-state index contributed by atoms with van der Waals surface area (Å²) >= 11 is 0. The van der Waals surface area contributed by atoms with Crippen LogP contribution in [0.5, 0.6) is 0 Å². The smallest absolute Gasteiger partial charge is 0.220 e. The van der Waals surface area contributed by atoms with E-state index in [0.29, 0.717) is 0 Å². The molecule has 12 heavy (non-hydrogen) atoms. The summed E-state index contributed by atoms with van der Waals surface area (Å²) in [4.78, 5) is 0. The fourth-order valence-corrected chi connectivity index (χ4v) is 1.09. The Morgan fingerprint density at radius 1 is 1.33 bits per heavy atom. The lowest BCUT2D eigenvalue weighted by atomic mass is 10.1. The van der Waals surface area contributed by atoms with Gasteiger partial charge in [-0.05, 0) is 0 Å². The molecule has 0 spiro atoms. The number of rotatable bonds is 2. The van der Waals surface area contributed by atoms with Crippen molar-refractivity contribution in [3.63, 3.8) is 0 Å². The molecule has 71 valence electrons. The Hall–Kier alpha value is -0.240. The number of hydrogen-bond acceptors (Lipinski definition) is 5. The molecule has 6 nitrogen and oxygen atoms in total. The second-order valence-electron chi connectivity index (χ2n) is 2.70. The van der Waals surface area contributed by atoms with Crippen LogP contribution in [0.4, 0.5) is 0 Å². The van der Waals surface area contributed by atoms with Gasteiger partial charge in [0.15, 0.2) is 0 Å². The lowest BCUT2D eigenvalue weighted by Gasteiger charge is -2.18. The summed E-state index contributed by atoms with van der Waals surface area (Å²) < 4.78 is 4.47. The average molecular weight is 179 g/mol. The van der Waals surface area contributed by atoms with Crippen LogP contribution >= 0.6 is 0 Å². The fraction of sp³-hybridized carbons (Fsp3) is 1.00. The molecule has 0 aromatic heterocycles. The maximum Gasteiger partial charge on any atom is 0.220 e. The highest BCUT2D eigenvalue weighted by molar-refractivity contribution is 4.89. The molecule has 1 aliphatic heterocycles. The Morgan fingerprint density at radius 3 is 2.25 bits per heavy atom. The van der Waals surface area contributed by atoms with Gasteiger partial charge in [-0.1, -0.05) is 0 Å². The molecule has 1 heterocycles. The van der Waals surface area contributed by atoms with Crippen LogP contribution in [-0.4, -0.2) is 57.7 Å². The largest absolute Gasteiger partial charge is 0.394 e. The van der Waals surface area contributed by atoms with E-state index in [-0.39, 0.29) is 0 Å². The molecule has 0 saturated carbocycles. The topological polar surface area (TPSA) is 110 Å². The van der Waals surface area contributed by atoms with Crippen LogP contribution in [0.3, 0.4) is 0 Å². The second-order valence-corrected chi connectivity index (χ2v) is 2.70. The van der Waals surface area contributed by atoms with E-state index < -0.39 is 37.3 Å². The number of ether oxygens (including phenoxy) is 1. The van der Waals surface area contributed by atoms with Crippen molar-refractivity contribution < 1.29 is 30.3 Å². The van der Waals surface area contributed by atoms with Crippen LogP contribution in [0.1, 0.15) is 0 Å².